The summed E-state index contributed by atoms with van der Waals surface area (Å²) in [5.41, 5.74) is 1.19. The van der Waals surface area contributed by atoms with E-state index in [1.165, 1.54) is 11.6 Å². The predicted octanol–water partition coefficient (Wildman–Crippen LogP) is 2.17. The second-order valence-electron chi connectivity index (χ2n) is 2.75. The molecule has 0 radical (unpaired) electrons. The van der Waals surface area contributed by atoms with E-state index in [1.807, 2.05) is 0 Å². The summed E-state index contributed by atoms with van der Waals surface area (Å²) in [5.74, 6) is -1.87. The number of aromatic carboxylic acids is 1. The maximum Gasteiger partial charge on any atom is 0.339 e. The maximum atomic E-state index is 12.8. The fourth-order valence-electron chi connectivity index (χ4n) is 1.06. The standard InChI is InChI=1S/C9H5FN2O3S/c10-5-1-2-7(6(3-5)8(13)14)15-9-12-11-4-16-9/h1-4H,(H,13,14). The summed E-state index contributed by atoms with van der Waals surface area (Å²) in [5, 5.41) is 16.2. The number of carboxylic acids is 1. The number of carbonyl (C=O) groups is 1. The maximum absolute atomic E-state index is 12.8. The van der Waals surface area contributed by atoms with Crippen LogP contribution in [0.2, 0.25) is 0 Å². The summed E-state index contributed by atoms with van der Waals surface area (Å²) in [6.45, 7) is 0. The van der Waals surface area contributed by atoms with Gasteiger partial charge in [0.2, 0.25) is 0 Å². The second-order valence-corrected chi connectivity index (χ2v) is 3.55. The largest absolute Gasteiger partial charge is 0.478 e. The molecule has 0 saturated carbocycles. The van der Waals surface area contributed by atoms with Gasteiger partial charge >= 0.3 is 5.97 Å². The summed E-state index contributed by atoms with van der Waals surface area (Å²) < 4.78 is 18.0. The Labute approximate surface area is 93.1 Å². The first-order chi connectivity index (χ1) is 7.66. The van der Waals surface area contributed by atoms with Gasteiger partial charge in [-0.25, -0.2) is 9.18 Å². The molecular weight excluding hydrogens is 235 g/mol. The van der Waals surface area contributed by atoms with Crippen LogP contribution in [0.1, 0.15) is 10.4 Å². The lowest BCUT2D eigenvalue weighted by Crippen LogP contribution is -2.00. The average molecular weight is 240 g/mol. The molecule has 1 heterocycles. The molecule has 5 nitrogen and oxygen atoms in total. The molecule has 0 aliphatic rings. The summed E-state index contributed by atoms with van der Waals surface area (Å²) in [6.07, 6.45) is 0. The summed E-state index contributed by atoms with van der Waals surface area (Å²) >= 11 is 1.11. The number of ether oxygens (including phenoxy) is 1. The molecule has 0 aliphatic carbocycles. The number of nitrogens with zero attached hydrogens (tertiary/aromatic N) is 2. The van der Waals surface area contributed by atoms with Gasteiger partial charge < -0.3 is 9.84 Å². The Morgan fingerprint density at radius 3 is 2.94 bits per heavy atom. The molecule has 7 heteroatoms. The van der Waals surface area contributed by atoms with Gasteiger partial charge in [-0.2, -0.15) is 0 Å². The van der Waals surface area contributed by atoms with Crippen molar-refractivity contribution in [3.63, 3.8) is 0 Å². The second kappa shape index (κ2) is 4.23. The van der Waals surface area contributed by atoms with E-state index in [9.17, 15) is 9.18 Å². The van der Waals surface area contributed by atoms with Gasteiger partial charge in [-0.1, -0.05) is 16.4 Å². The molecule has 0 fully saturated rings. The van der Waals surface area contributed by atoms with Crippen LogP contribution in [0.4, 0.5) is 4.39 Å². The minimum Gasteiger partial charge on any atom is -0.478 e. The number of carboxylic acid groups (broad SMARTS) is 1. The highest BCUT2D eigenvalue weighted by atomic mass is 32.1. The van der Waals surface area contributed by atoms with Gasteiger partial charge in [0, 0.05) is 0 Å². The molecular formula is C9H5FN2O3S. The minimum absolute atomic E-state index is 0.0330. The molecule has 0 aliphatic heterocycles. The lowest BCUT2D eigenvalue weighted by molar-refractivity contribution is 0.0693. The number of hydrogen-bond acceptors (Lipinski definition) is 5. The first-order valence-corrected chi connectivity index (χ1v) is 5.01. The van der Waals surface area contributed by atoms with Crippen LogP contribution in [0.15, 0.2) is 23.7 Å². The zero-order valence-electron chi connectivity index (χ0n) is 7.75. The first-order valence-electron chi connectivity index (χ1n) is 4.13. The number of rotatable bonds is 3. The van der Waals surface area contributed by atoms with E-state index >= 15 is 0 Å². The van der Waals surface area contributed by atoms with Crippen LogP contribution in [-0.4, -0.2) is 21.3 Å². The Balaban J connectivity index is 2.36. The average Bonchev–Trinajstić information content (AvgIpc) is 2.73. The van der Waals surface area contributed by atoms with Crippen molar-refractivity contribution in [1.29, 1.82) is 0 Å². The quantitative estimate of drug-likeness (QED) is 0.890. The van der Waals surface area contributed by atoms with E-state index in [-0.39, 0.29) is 16.5 Å². The number of benzene rings is 1. The molecule has 16 heavy (non-hydrogen) atoms. The smallest absolute Gasteiger partial charge is 0.339 e. The third kappa shape index (κ3) is 2.14. The SMILES string of the molecule is O=C(O)c1cc(F)ccc1Oc1nncs1. The Bertz CT molecular complexity index is 515. The van der Waals surface area contributed by atoms with Crippen LogP contribution in [0, 0.1) is 5.82 Å². The number of halogens is 1. The minimum atomic E-state index is -1.26. The van der Waals surface area contributed by atoms with Crippen LogP contribution in [-0.2, 0) is 0 Å². The molecule has 0 spiro atoms. The Kier molecular flexibility index (Phi) is 2.78. The third-order valence-electron chi connectivity index (χ3n) is 1.71. The van der Waals surface area contributed by atoms with E-state index in [2.05, 4.69) is 10.2 Å². The van der Waals surface area contributed by atoms with Crippen LogP contribution >= 0.6 is 11.3 Å². The van der Waals surface area contributed by atoms with Gasteiger partial charge in [-0.3, -0.25) is 0 Å². The molecule has 1 aromatic heterocycles. The summed E-state index contributed by atoms with van der Waals surface area (Å²) in [6, 6.07) is 3.24. The van der Waals surface area contributed by atoms with E-state index in [0.29, 0.717) is 0 Å². The molecule has 2 aromatic rings. The lowest BCUT2D eigenvalue weighted by atomic mass is 10.2. The molecule has 1 N–H and O–H groups in total. The van der Waals surface area contributed by atoms with E-state index in [0.717, 1.165) is 23.5 Å². The van der Waals surface area contributed by atoms with Crippen molar-refractivity contribution in [3.05, 3.63) is 35.1 Å². The van der Waals surface area contributed by atoms with Gasteiger partial charge in [0.25, 0.3) is 5.19 Å². The van der Waals surface area contributed by atoms with E-state index < -0.39 is 11.8 Å². The first kappa shape index (κ1) is 10.5. The van der Waals surface area contributed by atoms with Crippen molar-refractivity contribution in [2.75, 3.05) is 0 Å². The highest BCUT2D eigenvalue weighted by molar-refractivity contribution is 7.11. The molecule has 0 saturated heterocycles. The van der Waals surface area contributed by atoms with Crippen molar-refractivity contribution in [1.82, 2.24) is 10.2 Å². The zero-order valence-corrected chi connectivity index (χ0v) is 8.57. The van der Waals surface area contributed by atoms with Crippen molar-refractivity contribution in [3.8, 4) is 10.9 Å². The molecule has 0 amide bonds. The summed E-state index contributed by atoms with van der Waals surface area (Å²) in [4.78, 5) is 10.8. The molecule has 0 atom stereocenters. The van der Waals surface area contributed by atoms with Crippen molar-refractivity contribution >= 4 is 17.3 Å². The molecule has 0 unspecified atom stereocenters. The fraction of sp³-hybridized carbons (Fsp3) is 0. The van der Waals surface area contributed by atoms with Gasteiger partial charge in [0.1, 0.15) is 22.6 Å². The van der Waals surface area contributed by atoms with Gasteiger partial charge in [-0.15, -0.1) is 5.10 Å². The zero-order chi connectivity index (χ0) is 11.5. The monoisotopic (exact) mass is 240 g/mol. The Hall–Kier alpha value is -2.02. The highest BCUT2D eigenvalue weighted by Gasteiger charge is 2.14. The van der Waals surface area contributed by atoms with E-state index in [4.69, 9.17) is 9.84 Å². The Morgan fingerprint density at radius 2 is 2.31 bits per heavy atom. The van der Waals surface area contributed by atoms with Crippen LogP contribution in [0.25, 0.3) is 0 Å². The van der Waals surface area contributed by atoms with Gasteiger partial charge in [0.15, 0.2) is 0 Å². The summed E-state index contributed by atoms with van der Waals surface area (Å²) in [7, 11) is 0. The molecule has 2 rings (SSSR count). The van der Waals surface area contributed by atoms with Crippen LogP contribution < -0.4 is 4.74 Å². The number of aromatic nitrogens is 2. The molecule has 82 valence electrons. The fourth-order valence-corrected chi connectivity index (χ4v) is 1.48. The topological polar surface area (TPSA) is 72.3 Å². The number of hydrogen-bond donors (Lipinski definition) is 1. The van der Waals surface area contributed by atoms with Crippen LogP contribution in [0.5, 0.6) is 10.9 Å². The van der Waals surface area contributed by atoms with Crippen molar-refractivity contribution < 1.29 is 19.0 Å². The van der Waals surface area contributed by atoms with E-state index in [1.54, 1.807) is 0 Å². The molecule has 0 bridgehead atoms. The third-order valence-corrected chi connectivity index (χ3v) is 2.28. The normalized spacial score (nSPS) is 10.1. The lowest BCUT2D eigenvalue weighted by Gasteiger charge is -2.04. The van der Waals surface area contributed by atoms with Gasteiger partial charge in [0.05, 0.1) is 0 Å². The highest BCUT2D eigenvalue weighted by Crippen LogP contribution is 2.26. The Morgan fingerprint density at radius 1 is 1.50 bits per heavy atom. The van der Waals surface area contributed by atoms with Gasteiger partial charge in [-0.05, 0) is 18.2 Å². The van der Waals surface area contributed by atoms with Crippen molar-refractivity contribution in [2.24, 2.45) is 0 Å². The van der Waals surface area contributed by atoms with Crippen LogP contribution in [0.3, 0.4) is 0 Å². The van der Waals surface area contributed by atoms with Crippen molar-refractivity contribution in [2.45, 2.75) is 0 Å². The molecule has 1 aromatic carbocycles. The predicted molar refractivity (Wildman–Crippen MR) is 53.3 cm³/mol.